The van der Waals surface area contributed by atoms with Gasteiger partial charge in [0.2, 0.25) is 5.91 Å². The van der Waals surface area contributed by atoms with Crippen LogP contribution in [0.5, 0.6) is 5.75 Å². The largest absolute Gasteiger partial charge is 0.497 e. The molecule has 25 heavy (non-hydrogen) atoms. The number of carbonyl (C=O) groups is 1. The van der Waals surface area contributed by atoms with Gasteiger partial charge < -0.3 is 9.64 Å². The highest BCUT2D eigenvalue weighted by atomic mass is 16.5. The molecule has 2 aromatic rings. The molecule has 4 rings (SSSR count). The lowest BCUT2D eigenvalue weighted by molar-refractivity contribution is -0.124. The maximum absolute atomic E-state index is 13.3. The third-order valence-electron chi connectivity index (χ3n) is 5.80. The van der Waals surface area contributed by atoms with Gasteiger partial charge in [0.15, 0.2) is 0 Å². The molecule has 1 aromatic heterocycles. The van der Waals surface area contributed by atoms with E-state index in [1.165, 1.54) is 19.3 Å². The van der Waals surface area contributed by atoms with Crippen molar-refractivity contribution in [3.63, 3.8) is 0 Å². The molecular weight excluding hydrogens is 312 g/mol. The Balaban J connectivity index is 1.59. The van der Waals surface area contributed by atoms with E-state index in [1.807, 2.05) is 41.3 Å². The molecule has 0 spiro atoms. The fourth-order valence-corrected chi connectivity index (χ4v) is 4.48. The average Bonchev–Trinajstić information content (AvgIpc) is 3.30. The number of pyridine rings is 1. The van der Waals surface area contributed by atoms with Crippen LogP contribution in [0.4, 0.5) is 5.69 Å². The summed E-state index contributed by atoms with van der Waals surface area (Å²) in [6.07, 6.45) is 8.33. The first-order chi connectivity index (χ1) is 12.2. The van der Waals surface area contributed by atoms with E-state index in [2.05, 4.69) is 4.98 Å². The maximum Gasteiger partial charge on any atom is 0.230 e. The molecular formula is C21H24N2O2. The molecule has 2 fully saturated rings. The predicted molar refractivity (Wildman–Crippen MR) is 97.4 cm³/mol. The van der Waals surface area contributed by atoms with Gasteiger partial charge in [-0.15, -0.1) is 0 Å². The van der Waals surface area contributed by atoms with Gasteiger partial charge in [-0.1, -0.05) is 18.6 Å². The van der Waals surface area contributed by atoms with Gasteiger partial charge in [0, 0.05) is 24.0 Å². The number of rotatable bonds is 5. The van der Waals surface area contributed by atoms with E-state index >= 15 is 0 Å². The van der Waals surface area contributed by atoms with Crippen molar-refractivity contribution in [3.8, 4) is 5.75 Å². The number of anilines is 1. The van der Waals surface area contributed by atoms with Crippen LogP contribution in [0.25, 0.3) is 0 Å². The molecule has 2 aliphatic rings. The second kappa shape index (κ2) is 6.87. The zero-order valence-electron chi connectivity index (χ0n) is 14.6. The molecule has 1 heterocycles. The highest BCUT2D eigenvalue weighted by Gasteiger charge is 2.44. The number of methoxy groups -OCH3 is 1. The third kappa shape index (κ3) is 3.26. The van der Waals surface area contributed by atoms with Gasteiger partial charge in [-0.25, -0.2) is 0 Å². The number of benzene rings is 1. The number of fused-ring (bicyclic) bond motifs is 2. The van der Waals surface area contributed by atoms with Gasteiger partial charge >= 0.3 is 0 Å². The van der Waals surface area contributed by atoms with E-state index in [4.69, 9.17) is 4.74 Å². The molecule has 1 amide bonds. The lowest BCUT2D eigenvalue weighted by Crippen LogP contribution is -2.38. The Labute approximate surface area is 148 Å². The first-order valence-electron chi connectivity index (χ1n) is 9.09. The number of hydrogen-bond acceptors (Lipinski definition) is 3. The highest BCUT2D eigenvalue weighted by Crippen LogP contribution is 2.49. The molecule has 3 atom stereocenters. The molecule has 0 unspecified atom stereocenters. The van der Waals surface area contributed by atoms with Crippen molar-refractivity contribution < 1.29 is 9.53 Å². The fraction of sp³-hybridized carbons (Fsp3) is 0.429. The maximum atomic E-state index is 13.3. The van der Waals surface area contributed by atoms with Crippen molar-refractivity contribution in [1.29, 1.82) is 0 Å². The second-order valence-electron chi connectivity index (χ2n) is 7.26. The average molecular weight is 336 g/mol. The molecule has 4 heteroatoms. The molecule has 2 saturated carbocycles. The van der Waals surface area contributed by atoms with Gasteiger partial charge in [-0.05, 0) is 60.9 Å². The minimum absolute atomic E-state index is 0.185. The minimum atomic E-state index is 0.185. The molecule has 0 saturated heterocycles. The van der Waals surface area contributed by atoms with Gasteiger partial charge in [0.1, 0.15) is 5.75 Å². The number of nitrogens with zero attached hydrogens (tertiary/aromatic N) is 2. The molecule has 4 nitrogen and oxygen atoms in total. The van der Waals surface area contributed by atoms with E-state index in [-0.39, 0.29) is 11.8 Å². The molecule has 130 valence electrons. The van der Waals surface area contributed by atoms with Gasteiger partial charge in [0.05, 0.1) is 13.7 Å². The van der Waals surface area contributed by atoms with Crippen LogP contribution in [-0.2, 0) is 11.3 Å². The summed E-state index contributed by atoms with van der Waals surface area (Å²) in [6.45, 7) is 0.584. The number of carbonyl (C=O) groups excluding carboxylic acids is 1. The van der Waals surface area contributed by atoms with Gasteiger partial charge in [0.25, 0.3) is 0 Å². The van der Waals surface area contributed by atoms with E-state index in [0.29, 0.717) is 12.5 Å². The summed E-state index contributed by atoms with van der Waals surface area (Å²) in [4.78, 5) is 19.4. The second-order valence-corrected chi connectivity index (χ2v) is 7.26. The molecule has 2 aliphatic carbocycles. The summed E-state index contributed by atoms with van der Waals surface area (Å²) >= 11 is 0. The van der Waals surface area contributed by atoms with Crippen LogP contribution >= 0.6 is 0 Å². The predicted octanol–water partition coefficient (Wildman–Crippen LogP) is 4.06. The smallest absolute Gasteiger partial charge is 0.230 e. The molecule has 0 aliphatic heterocycles. The van der Waals surface area contributed by atoms with E-state index in [1.54, 1.807) is 19.5 Å². The first-order valence-corrected chi connectivity index (χ1v) is 9.09. The Morgan fingerprint density at radius 2 is 1.88 bits per heavy atom. The Morgan fingerprint density at radius 3 is 2.48 bits per heavy atom. The number of aromatic nitrogens is 1. The minimum Gasteiger partial charge on any atom is -0.497 e. The Kier molecular flexibility index (Phi) is 4.43. The molecule has 0 N–H and O–H groups in total. The first kappa shape index (κ1) is 16.1. The Morgan fingerprint density at radius 1 is 1.12 bits per heavy atom. The number of amides is 1. The topological polar surface area (TPSA) is 42.4 Å². The Hall–Kier alpha value is -2.36. The van der Waals surface area contributed by atoms with Crippen LogP contribution in [0.2, 0.25) is 0 Å². The Bertz CT molecular complexity index is 729. The van der Waals surface area contributed by atoms with Gasteiger partial charge in [-0.3, -0.25) is 9.78 Å². The monoisotopic (exact) mass is 336 g/mol. The molecule has 1 aromatic carbocycles. The normalized spacial score (nSPS) is 24.3. The molecule has 0 radical (unpaired) electrons. The highest BCUT2D eigenvalue weighted by molar-refractivity contribution is 5.95. The lowest BCUT2D eigenvalue weighted by atomic mass is 9.87. The summed E-state index contributed by atoms with van der Waals surface area (Å²) in [5.41, 5.74) is 2.03. The molecule has 2 bridgehead atoms. The van der Waals surface area contributed by atoms with Crippen molar-refractivity contribution in [2.24, 2.45) is 17.8 Å². The van der Waals surface area contributed by atoms with E-state index in [9.17, 15) is 4.79 Å². The zero-order valence-corrected chi connectivity index (χ0v) is 14.6. The zero-order chi connectivity index (χ0) is 17.2. The summed E-state index contributed by atoms with van der Waals surface area (Å²) in [6, 6.07) is 11.8. The third-order valence-corrected chi connectivity index (χ3v) is 5.80. The number of ether oxygens (including phenoxy) is 1. The van der Waals surface area contributed by atoms with Crippen molar-refractivity contribution in [2.45, 2.75) is 32.2 Å². The summed E-state index contributed by atoms with van der Waals surface area (Å²) < 4.78 is 5.23. The number of hydrogen-bond donors (Lipinski definition) is 0. The van der Waals surface area contributed by atoms with E-state index in [0.717, 1.165) is 29.3 Å². The van der Waals surface area contributed by atoms with Crippen molar-refractivity contribution >= 4 is 11.6 Å². The summed E-state index contributed by atoms with van der Waals surface area (Å²) in [5.74, 6) is 2.63. The SMILES string of the molecule is COc1ccc(CN(C(=O)[C@H]2C[C@H]3CC[C@H]2C3)c2ccncc2)cc1. The van der Waals surface area contributed by atoms with Crippen molar-refractivity contribution in [2.75, 3.05) is 12.0 Å². The van der Waals surface area contributed by atoms with Crippen molar-refractivity contribution in [1.82, 2.24) is 4.98 Å². The van der Waals surface area contributed by atoms with E-state index < -0.39 is 0 Å². The van der Waals surface area contributed by atoms with Crippen LogP contribution < -0.4 is 9.64 Å². The standard InChI is InChI=1S/C21H24N2O2/c1-25-19-6-3-15(4-7-19)14-23(18-8-10-22-11-9-18)21(24)20-13-16-2-5-17(20)12-16/h3-4,6-11,16-17,20H,2,5,12-14H2,1H3/t16-,17-,20-/m0/s1. The van der Waals surface area contributed by atoms with Crippen LogP contribution in [0, 0.1) is 17.8 Å². The van der Waals surface area contributed by atoms with Crippen LogP contribution in [-0.4, -0.2) is 18.0 Å². The van der Waals surface area contributed by atoms with Crippen LogP contribution in [0.1, 0.15) is 31.2 Å². The summed E-state index contributed by atoms with van der Waals surface area (Å²) in [5, 5.41) is 0. The van der Waals surface area contributed by atoms with Crippen molar-refractivity contribution in [3.05, 3.63) is 54.4 Å². The van der Waals surface area contributed by atoms with Crippen LogP contribution in [0.15, 0.2) is 48.8 Å². The quantitative estimate of drug-likeness (QED) is 0.827. The lowest BCUT2D eigenvalue weighted by Gasteiger charge is -2.29. The van der Waals surface area contributed by atoms with Gasteiger partial charge in [-0.2, -0.15) is 0 Å². The fourth-order valence-electron chi connectivity index (χ4n) is 4.48. The summed E-state index contributed by atoms with van der Waals surface area (Å²) in [7, 11) is 1.66. The van der Waals surface area contributed by atoms with Crippen LogP contribution in [0.3, 0.4) is 0 Å².